The van der Waals surface area contributed by atoms with Crippen molar-refractivity contribution < 1.29 is 4.74 Å². The minimum Gasteiger partial charge on any atom is -0.488 e. The minimum atomic E-state index is 0.334. The van der Waals surface area contributed by atoms with Crippen LogP contribution in [0.1, 0.15) is 16.7 Å². The van der Waals surface area contributed by atoms with Crippen molar-refractivity contribution in [2.45, 2.75) is 20.1 Å². The van der Waals surface area contributed by atoms with Gasteiger partial charge in [0, 0.05) is 43.4 Å². The zero-order valence-corrected chi connectivity index (χ0v) is 17.6. The van der Waals surface area contributed by atoms with Crippen molar-refractivity contribution in [3.63, 3.8) is 0 Å². The summed E-state index contributed by atoms with van der Waals surface area (Å²) in [5, 5.41) is 5.89. The first-order valence-corrected chi connectivity index (χ1v) is 9.79. The summed E-state index contributed by atoms with van der Waals surface area (Å²) >= 11 is 24.4. The fourth-order valence-electron chi connectivity index (χ4n) is 2.60. The summed E-state index contributed by atoms with van der Waals surface area (Å²) < 4.78 is 5.99. The largest absolute Gasteiger partial charge is 0.488 e. The fraction of sp³-hybridized carbons (Fsp3) is 0.143. The van der Waals surface area contributed by atoms with E-state index in [0.29, 0.717) is 33.2 Å². The number of hydrogen-bond donors (Lipinski definition) is 1. The van der Waals surface area contributed by atoms with Gasteiger partial charge in [-0.2, -0.15) is 0 Å². The molecule has 0 unspecified atom stereocenters. The van der Waals surface area contributed by atoms with Crippen molar-refractivity contribution in [3.05, 3.63) is 91.4 Å². The average molecular weight is 441 g/mol. The molecule has 3 rings (SSSR count). The number of benzene rings is 3. The normalized spacial score (nSPS) is 10.7. The molecule has 0 radical (unpaired) electrons. The van der Waals surface area contributed by atoms with E-state index in [2.05, 4.69) is 5.32 Å². The first-order chi connectivity index (χ1) is 12.9. The molecule has 0 amide bonds. The third-order valence-electron chi connectivity index (χ3n) is 4.09. The van der Waals surface area contributed by atoms with Gasteiger partial charge in [-0.25, -0.2) is 0 Å². The van der Waals surface area contributed by atoms with Crippen LogP contribution in [-0.4, -0.2) is 0 Å². The Kier molecular flexibility index (Phi) is 6.78. The van der Waals surface area contributed by atoms with Crippen LogP contribution in [-0.2, 0) is 13.2 Å². The van der Waals surface area contributed by atoms with E-state index in [1.807, 2.05) is 43.3 Å². The van der Waals surface area contributed by atoms with Gasteiger partial charge in [0.15, 0.2) is 0 Å². The summed E-state index contributed by atoms with van der Waals surface area (Å²) in [6.45, 7) is 2.91. The Hall–Kier alpha value is -1.58. The third-order valence-corrected chi connectivity index (χ3v) is 5.15. The van der Waals surface area contributed by atoms with E-state index < -0.39 is 0 Å². The average Bonchev–Trinajstić information content (AvgIpc) is 2.63. The number of anilines is 1. The second kappa shape index (κ2) is 9.07. The van der Waals surface area contributed by atoms with Crippen molar-refractivity contribution in [1.29, 1.82) is 0 Å². The molecule has 27 heavy (non-hydrogen) atoms. The van der Waals surface area contributed by atoms with Gasteiger partial charge in [0.05, 0.1) is 0 Å². The number of nitrogens with one attached hydrogen (secondary N) is 1. The molecule has 0 saturated carbocycles. The lowest BCUT2D eigenvalue weighted by atomic mass is 10.1. The highest BCUT2D eigenvalue weighted by Gasteiger charge is 2.09. The van der Waals surface area contributed by atoms with Crippen LogP contribution in [0.3, 0.4) is 0 Å². The Balaban J connectivity index is 1.75. The first-order valence-electron chi connectivity index (χ1n) is 8.27. The molecule has 0 heterocycles. The van der Waals surface area contributed by atoms with Crippen LogP contribution in [0.2, 0.25) is 20.1 Å². The summed E-state index contributed by atoms with van der Waals surface area (Å²) in [5.41, 5.74) is 3.87. The summed E-state index contributed by atoms with van der Waals surface area (Å²) in [6.07, 6.45) is 0. The molecule has 0 atom stereocenters. The topological polar surface area (TPSA) is 21.3 Å². The van der Waals surface area contributed by atoms with E-state index in [-0.39, 0.29) is 0 Å². The highest BCUT2D eigenvalue weighted by Crippen LogP contribution is 2.28. The van der Waals surface area contributed by atoms with Crippen LogP contribution >= 0.6 is 46.4 Å². The predicted octanol–water partition coefficient (Wildman–Crippen LogP) is 7.80. The minimum absolute atomic E-state index is 0.334. The fourth-order valence-corrected chi connectivity index (χ4v) is 3.43. The molecule has 0 bridgehead atoms. The molecule has 0 spiro atoms. The van der Waals surface area contributed by atoms with E-state index in [9.17, 15) is 0 Å². The molecule has 0 aliphatic rings. The van der Waals surface area contributed by atoms with Gasteiger partial charge in [-0.3, -0.25) is 0 Å². The Labute approximate surface area is 179 Å². The molecule has 3 aromatic carbocycles. The Bertz CT molecular complexity index is 959. The molecule has 0 saturated heterocycles. The molecule has 0 aromatic heterocycles. The van der Waals surface area contributed by atoms with Crippen molar-refractivity contribution in [1.82, 2.24) is 0 Å². The van der Waals surface area contributed by atoms with Crippen molar-refractivity contribution in [3.8, 4) is 5.75 Å². The van der Waals surface area contributed by atoms with E-state index >= 15 is 0 Å². The molecule has 0 aliphatic carbocycles. The Morgan fingerprint density at radius 2 is 1.44 bits per heavy atom. The lowest BCUT2D eigenvalue weighted by Gasteiger charge is -2.15. The van der Waals surface area contributed by atoms with Crippen LogP contribution in [0.15, 0.2) is 54.6 Å². The van der Waals surface area contributed by atoms with Gasteiger partial charge in [-0.15, -0.1) is 0 Å². The van der Waals surface area contributed by atoms with Crippen LogP contribution < -0.4 is 10.1 Å². The quantitative estimate of drug-likeness (QED) is 0.422. The highest BCUT2D eigenvalue weighted by atomic mass is 35.5. The van der Waals surface area contributed by atoms with E-state index in [0.717, 1.165) is 28.1 Å². The first kappa shape index (κ1) is 20.2. The SMILES string of the molecule is Cc1ccc(Cl)cc1NCc1cc(Cl)ccc1OCc1ccc(Cl)cc1Cl. The standard InChI is InChI=1S/C21H17Cl4NO/c1-13-2-4-18(24)10-20(13)26-11-15-8-16(22)6-7-21(15)27-12-14-3-5-17(23)9-19(14)25/h2-10,26H,11-12H2,1H3. The van der Waals surface area contributed by atoms with Gasteiger partial charge < -0.3 is 10.1 Å². The van der Waals surface area contributed by atoms with Crippen LogP contribution in [0.5, 0.6) is 5.75 Å². The molecule has 1 N–H and O–H groups in total. The maximum absolute atomic E-state index is 6.22. The van der Waals surface area contributed by atoms with Crippen LogP contribution in [0.4, 0.5) is 5.69 Å². The van der Waals surface area contributed by atoms with Crippen molar-refractivity contribution in [2.24, 2.45) is 0 Å². The maximum Gasteiger partial charge on any atom is 0.124 e. The zero-order valence-electron chi connectivity index (χ0n) is 14.5. The summed E-state index contributed by atoms with van der Waals surface area (Å²) in [7, 11) is 0. The zero-order chi connectivity index (χ0) is 19.4. The monoisotopic (exact) mass is 439 g/mol. The summed E-state index contributed by atoms with van der Waals surface area (Å²) in [5.74, 6) is 0.734. The number of hydrogen-bond acceptors (Lipinski definition) is 2. The predicted molar refractivity (Wildman–Crippen MR) is 116 cm³/mol. The molecule has 3 aromatic rings. The highest BCUT2D eigenvalue weighted by molar-refractivity contribution is 6.35. The third kappa shape index (κ3) is 5.46. The second-order valence-corrected chi connectivity index (χ2v) is 7.81. The summed E-state index contributed by atoms with van der Waals surface area (Å²) in [6, 6.07) is 16.6. The van der Waals surface area contributed by atoms with E-state index in [1.165, 1.54) is 0 Å². The molecule has 0 fully saturated rings. The smallest absolute Gasteiger partial charge is 0.124 e. The van der Waals surface area contributed by atoms with Crippen LogP contribution in [0.25, 0.3) is 0 Å². The molecule has 140 valence electrons. The Morgan fingerprint density at radius 3 is 2.22 bits per heavy atom. The molecular formula is C21H17Cl4NO. The van der Waals surface area contributed by atoms with Gasteiger partial charge in [-0.1, -0.05) is 58.5 Å². The van der Waals surface area contributed by atoms with Gasteiger partial charge >= 0.3 is 0 Å². The molecule has 0 aliphatic heterocycles. The van der Waals surface area contributed by atoms with Crippen molar-refractivity contribution >= 4 is 52.1 Å². The molecule has 6 heteroatoms. The number of halogens is 4. The van der Waals surface area contributed by atoms with Gasteiger partial charge in [0.1, 0.15) is 12.4 Å². The summed E-state index contributed by atoms with van der Waals surface area (Å²) in [4.78, 5) is 0. The van der Waals surface area contributed by atoms with Gasteiger partial charge in [0.2, 0.25) is 0 Å². The lowest BCUT2D eigenvalue weighted by molar-refractivity contribution is 0.303. The Morgan fingerprint density at radius 1 is 0.778 bits per heavy atom. The molecular weight excluding hydrogens is 424 g/mol. The van der Waals surface area contributed by atoms with Gasteiger partial charge in [0.25, 0.3) is 0 Å². The van der Waals surface area contributed by atoms with Gasteiger partial charge in [-0.05, 0) is 55.0 Å². The lowest BCUT2D eigenvalue weighted by Crippen LogP contribution is -2.05. The second-order valence-electron chi connectivity index (χ2n) is 6.09. The maximum atomic E-state index is 6.22. The molecule has 2 nitrogen and oxygen atoms in total. The number of rotatable bonds is 6. The number of aryl methyl sites for hydroxylation is 1. The van der Waals surface area contributed by atoms with E-state index in [1.54, 1.807) is 18.2 Å². The van der Waals surface area contributed by atoms with E-state index in [4.69, 9.17) is 51.1 Å². The van der Waals surface area contributed by atoms with Crippen LogP contribution in [0, 0.1) is 6.92 Å². The van der Waals surface area contributed by atoms with Crippen molar-refractivity contribution in [2.75, 3.05) is 5.32 Å². The number of ether oxygens (including phenoxy) is 1.